The largest absolute Gasteiger partial charge is 0.383 e. The number of ether oxygens (including phenoxy) is 1. The van der Waals surface area contributed by atoms with Crippen molar-refractivity contribution >= 4 is 17.3 Å². The zero-order valence-electron chi connectivity index (χ0n) is 13.9. The SMILES string of the molecule is COCCNCc1c(Cl)cccc1N(C)C(C)CC(C)C. The van der Waals surface area contributed by atoms with Crippen molar-refractivity contribution in [3.05, 3.63) is 28.8 Å². The summed E-state index contributed by atoms with van der Waals surface area (Å²) in [4.78, 5) is 2.33. The van der Waals surface area contributed by atoms with Crippen molar-refractivity contribution in [2.24, 2.45) is 5.92 Å². The van der Waals surface area contributed by atoms with Crippen LogP contribution < -0.4 is 10.2 Å². The second-order valence-corrected chi connectivity index (χ2v) is 6.40. The van der Waals surface area contributed by atoms with Gasteiger partial charge in [0.2, 0.25) is 0 Å². The van der Waals surface area contributed by atoms with Gasteiger partial charge in [0.15, 0.2) is 0 Å². The molecule has 0 saturated heterocycles. The fourth-order valence-corrected chi connectivity index (χ4v) is 2.75. The summed E-state index contributed by atoms with van der Waals surface area (Å²) in [6, 6.07) is 6.62. The minimum absolute atomic E-state index is 0.487. The zero-order valence-corrected chi connectivity index (χ0v) is 14.7. The van der Waals surface area contributed by atoms with Gasteiger partial charge in [0.25, 0.3) is 0 Å². The number of hydrogen-bond donors (Lipinski definition) is 1. The Morgan fingerprint density at radius 2 is 2.00 bits per heavy atom. The van der Waals surface area contributed by atoms with E-state index in [2.05, 4.69) is 44.1 Å². The Morgan fingerprint density at radius 3 is 2.62 bits per heavy atom. The van der Waals surface area contributed by atoms with Crippen LogP contribution >= 0.6 is 11.6 Å². The summed E-state index contributed by atoms with van der Waals surface area (Å²) in [5.41, 5.74) is 2.37. The summed E-state index contributed by atoms with van der Waals surface area (Å²) < 4.78 is 5.06. The zero-order chi connectivity index (χ0) is 15.8. The van der Waals surface area contributed by atoms with E-state index in [0.29, 0.717) is 18.6 Å². The number of benzene rings is 1. The van der Waals surface area contributed by atoms with Crippen LogP contribution in [0.25, 0.3) is 0 Å². The number of hydrogen-bond acceptors (Lipinski definition) is 3. The molecule has 0 heterocycles. The molecule has 1 N–H and O–H groups in total. The van der Waals surface area contributed by atoms with Crippen LogP contribution in [0.5, 0.6) is 0 Å². The summed E-state index contributed by atoms with van der Waals surface area (Å²) in [5, 5.41) is 4.20. The van der Waals surface area contributed by atoms with Gasteiger partial charge in [-0.2, -0.15) is 0 Å². The molecule has 0 saturated carbocycles. The molecule has 0 aromatic heterocycles. The molecule has 0 aliphatic carbocycles. The van der Waals surface area contributed by atoms with Gasteiger partial charge >= 0.3 is 0 Å². The van der Waals surface area contributed by atoms with Crippen LogP contribution in [-0.4, -0.2) is 33.4 Å². The van der Waals surface area contributed by atoms with E-state index in [-0.39, 0.29) is 0 Å². The number of nitrogens with zero attached hydrogens (tertiary/aromatic N) is 1. The maximum atomic E-state index is 6.40. The monoisotopic (exact) mass is 312 g/mol. The van der Waals surface area contributed by atoms with Crippen LogP contribution in [0, 0.1) is 5.92 Å². The molecule has 1 unspecified atom stereocenters. The number of halogens is 1. The Balaban J connectivity index is 2.82. The van der Waals surface area contributed by atoms with E-state index < -0.39 is 0 Å². The lowest BCUT2D eigenvalue weighted by Gasteiger charge is -2.30. The van der Waals surface area contributed by atoms with Crippen LogP contribution in [0.1, 0.15) is 32.8 Å². The lowest BCUT2D eigenvalue weighted by molar-refractivity contribution is 0.199. The van der Waals surface area contributed by atoms with Crippen LogP contribution in [0.2, 0.25) is 5.02 Å². The van der Waals surface area contributed by atoms with Crippen molar-refractivity contribution in [3.63, 3.8) is 0 Å². The molecule has 1 rings (SSSR count). The fourth-order valence-electron chi connectivity index (χ4n) is 2.52. The van der Waals surface area contributed by atoms with Gasteiger partial charge in [0.05, 0.1) is 6.61 Å². The number of methoxy groups -OCH3 is 1. The summed E-state index contributed by atoms with van der Waals surface area (Å²) in [6.45, 7) is 9.08. The number of nitrogens with one attached hydrogen (secondary N) is 1. The predicted octanol–water partition coefficient (Wildman–Crippen LogP) is 3.95. The van der Waals surface area contributed by atoms with Crippen LogP contribution in [0.4, 0.5) is 5.69 Å². The molecular weight excluding hydrogens is 284 g/mol. The quantitative estimate of drug-likeness (QED) is 0.699. The summed E-state index contributed by atoms with van der Waals surface area (Å²) >= 11 is 6.40. The third-order valence-corrected chi connectivity index (χ3v) is 4.09. The first-order chi connectivity index (χ1) is 9.97. The topological polar surface area (TPSA) is 24.5 Å². The molecule has 21 heavy (non-hydrogen) atoms. The second-order valence-electron chi connectivity index (χ2n) is 6.00. The Kier molecular flexibility index (Phi) is 8.09. The average molecular weight is 313 g/mol. The highest BCUT2D eigenvalue weighted by molar-refractivity contribution is 6.31. The molecule has 0 radical (unpaired) electrons. The van der Waals surface area contributed by atoms with Gasteiger partial charge in [0.1, 0.15) is 0 Å². The molecule has 120 valence electrons. The molecule has 1 aromatic carbocycles. The van der Waals surface area contributed by atoms with Crippen molar-refractivity contribution in [1.29, 1.82) is 0 Å². The van der Waals surface area contributed by atoms with Gasteiger partial charge < -0.3 is 15.0 Å². The Bertz CT molecular complexity index is 423. The van der Waals surface area contributed by atoms with Gasteiger partial charge in [-0.15, -0.1) is 0 Å². The molecule has 0 spiro atoms. The number of anilines is 1. The predicted molar refractivity (Wildman–Crippen MR) is 92.4 cm³/mol. The third kappa shape index (κ3) is 5.85. The lowest BCUT2D eigenvalue weighted by Crippen LogP contribution is -2.31. The second kappa shape index (κ2) is 9.29. The lowest BCUT2D eigenvalue weighted by atomic mass is 10.0. The van der Waals surface area contributed by atoms with Crippen molar-refractivity contribution in [3.8, 4) is 0 Å². The first-order valence-corrected chi connectivity index (χ1v) is 8.05. The highest BCUT2D eigenvalue weighted by Crippen LogP contribution is 2.29. The molecule has 1 aromatic rings. The minimum atomic E-state index is 0.487. The average Bonchev–Trinajstić information content (AvgIpc) is 2.43. The molecule has 4 heteroatoms. The highest BCUT2D eigenvalue weighted by atomic mass is 35.5. The van der Waals surface area contributed by atoms with E-state index >= 15 is 0 Å². The summed E-state index contributed by atoms with van der Waals surface area (Å²) in [7, 11) is 3.86. The van der Waals surface area contributed by atoms with Crippen molar-refractivity contribution in [2.45, 2.75) is 39.8 Å². The summed E-state index contributed by atoms with van der Waals surface area (Å²) in [5.74, 6) is 0.685. The Hall–Kier alpha value is -0.770. The van der Waals surface area contributed by atoms with E-state index in [4.69, 9.17) is 16.3 Å². The fraction of sp³-hybridized carbons (Fsp3) is 0.647. The summed E-state index contributed by atoms with van der Waals surface area (Å²) in [6.07, 6.45) is 1.17. The molecule has 0 amide bonds. The molecule has 1 atom stereocenters. The molecule has 0 fully saturated rings. The smallest absolute Gasteiger partial charge is 0.0587 e. The first-order valence-electron chi connectivity index (χ1n) is 7.67. The van der Waals surface area contributed by atoms with Crippen LogP contribution in [0.15, 0.2) is 18.2 Å². The van der Waals surface area contributed by atoms with Crippen LogP contribution in [0.3, 0.4) is 0 Å². The number of rotatable bonds is 9. The minimum Gasteiger partial charge on any atom is -0.383 e. The van der Waals surface area contributed by atoms with Crippen molar-refractivity contribution in [2.75, 3.05) is 32.2 Å². The van der Waals surface area contributed by atoms with Crippen LogP contribution in [-0.2, 0) is 11.3 Å². The van der Waals surface area contributed by atoms with E-state index in [1.165, 1.54) is 12.1 Å². The highest BCUT2D eigenvalue weighted by Gasteiger charge is 2.16. The molecule has 0 aliphatic rings. The third-order valence-electron chi connectivity index (χ3n) is 3.73. The molecule has 3 nitrogen and oxygen atoms in total. The van der Waals surface area contributed by atoms with Gasteiger partial charge in [-0.3, -0.25) is 0 Å². The molecule has 0 aliphatic heterocycles. The molecule has 0 bridgehead atoms. The molecular formula is C17H29ClN2O. The van der Waals surface area contributed by atoms with Gasteiger partial charge in [-0.25, -0.2) is 0 Å². The van der Waals surface area contributed by atoms with Gasteiger partial charge in [-0.1, -0.05) is 31.5 Å². The first kappa shape index (κ1) is 18.3. The van der Waals surface area contributed by atoms with E-state index in [1.807, 2.05) is 12.1 Å². The maximum absolute atomic E-state index is 6.40. The van der Waals surface area contributed by atoms with Gasteiger partial charge in [-0.05, 0) is 31.4 Å². The van der Waals surface area contributed by atoms with E-state index in [0.717, 1.165) is 23.7 Å². The van der Waals surface area contributed by atoms with Crippen molar-refractivity contribution in [1.82, 2.24) is 5.32 Å². The van der Waals surface area contributed by atoms with Crippen molar-refractivity contribution < 1.29 is 4.74 Å². The maximum Gasteiger partial charge on any atom is 0.0587 e. The van der Waals surface area contributed by atoms with E-state index in [1.54, 1.807) is 7.11 Å². The normalized spacial score (nSPS) is 12.7. The standard InChI is InChI=1S/C17H29ClN2O/c1-13(2)11-14(3)20(4)17-8-6-7-16(18)15(17)12-19-9-10-21-5/h6-8,13-14,19H,9-12H2,1-5H3. The van der Waals surface area contributed by atoms with E-state index in [9.17, 15) is 0 Å². The Morgan fingerprint density at radius 1 is 1.29 bits per heavy atom. The van der Waals surface area contributed by atoms with Gasteiger partial charge in [0, 0.05) is 49.6 Å². The Labute approximate surface area is 134 Å².